The normalized spacial score (nSPS) is 17.7. The second-order valence-electron chi connectivity index (χ2n) is 8.23. The smallest absolute Gasteiger partial charge is 0.208 e. The van der Waals surface area contributed by atoms with E-state index in [0.717, 1.165) is 56.0 Å². The minimum absolute atomic E-state index is 0.471. The number of aryl methyl sites for hydroxylation is 2. The molecule has 0 spiro atoms. The fourth-order valence-electron chi connectivity index (χ4n) is 3.67. The summed E-state index contributed by atoms with van der Waals surface area (Å²) in [5, 5.41) is 6.97. The number of aromatic nitrogens is 1. The minimum Gasteiger partial charge on any atom is -0.444 e. The van der Waals surface area contributed by atoms with Crippen molar-refractivity contribution < 1.29 is 4.42 Å². The molecule has 0 aromatic carbocycles. The topological polar surface area (TPSA) is 65.7 Å². The molecule has 1 aromatic rings. The van der Waals surface area contributed by atoms with Crippen LogP contribution >= 0.6 is 0 Å². The number of hydrogen-bond acceptors (Lipinski definition) is 4. The highest BCUT2D eigenvalue weighted by atomic mass is 16.4. The third kappa shape index (κ3) is 7.82. The summed E-state index contributed by atoms with van der Waals surface area (Å²) in [5.74, 6) is 3.42. The molecule has 1 fully saturated rings. The van der Waals surface area contributed by atoms with E-state index in [1.54, 1.807) is 0 Å². The van der Waals surface area contributed by atoms with Crippen LogP contribution in [0.2, 0.25) is 0 Å². The van der Waals surface area contributed by atoms with Gasteiger partial charge in [0.15, 0.2) is 5.96 Å². The average molecular weight is 392 g/mol. The van der Waals surface area contributed by atoms with E-state index in [-0.39, 0.29) is 0 Å². The maximum absolute atomic E-state index is 5.73. The van der Waals surface area contributed by atoms with Crippen LogP contribution in [0.5, 0.6) is 0 Å². The summed E-state index contributed by atoms with van der Waals surface area (Å²) in [4.78, 5) is 11.8. The summed E-state index contributed by atoms with van der Waals surface area (Å²) in [6, 6.07) is 0.471. The molecule has 1 aliphatic heterocycles. The van der Waals surface area contributed by atoms with Gasteiger partial charge in [-0.3, -0.25) is 9.89 Å². The van der Waals surface area contributed by atoms with E-state index in [0.29, 0.717) is 12.0 Å². The van der Waals surface area contributed by atoms with E-state index in [1.165, 1.54) is 38.5 Å². The molecule has 2 heterocycles. The Morgan fingerprint density at radius 2 is 2.00 bits per heavy atom. The molecule has 1 aromatic heterocycles. The van der Waals surface area contributed by atoms with Crippen LogP contribution in [-0.2, 0) is 6.54 Å². The zero-order valence-electron chi connectivity index (χ0n) is 18.7. The fourth-order valence-corrected chi connectivity index (χ4v) is 3.67. The molecule has 6 heteroatoms. The van der Waals surface area contributed by atoms with Crippen LogP contribution in [0.3, 0.4) is 0 Å². The van der Waals surface area contributed by atoms with Crippen molar-refractivity contribution in [3.8, 4) is 0 Å². The first-order valence-corrected chi connectivity index (χ1v) is 11.2. The van der Waals surface area contributed by atoms with E-state index in [1.807, 2.05) is 13.8 Å². The maximum atomic E-state index is 5.73. The number of guanidine groups is 1. The van der Waals surface area contributed by atoms with Gasteiger partial charge in [-0.15, -0.1) is 0 Å². The third-order valence-corrected chi connectivity index (χ3v) is 5.61. The van der Waals surface area contributed by atoms with Gasteiger partial charge in [0.25, 0.3) is 0 Å². The third-order valence-electron chi connectivity index (χ3n) is 5.61. The molecule has 1 unspecified atom stereocenters. The van der Waals surface area contributed by atoms with Crippen molar-refractivity contribution in [3.63, 3.8) is 0 Å². The second-order valence-corrected chi connectivity index (χ2v) is 8.23. The highest BCUT2D eigenvalue weighted by molar-refractivity contribution is 5.80. The Morgan fingerprint density at radius 3 is 2.61 bits per heavy atom. The predicted molar refractivity (Wildman–Crippen MR) is 117 cm³/mol. The van der Waals surface area contributed by atoms with Gasteiger partial charge in [-0.25, -0.2) is 4.98 Å². The number of likely N-dealkylation sites (tertiary alicyclic amines) is 1. The van der Waals surface area contributed by atoms with Gasteiger partial charge in [0.2, 0.25) is 5.89 Å². The molecule has 28 heavy (non-hydrogen) atoms. The Morgan fingerprint density at radius 1 is 1.25 bits per heavy atom. The lowest BCUT2D eigenvalue weighted by Gasteiger charge is -2.30. The van der Waals surface area contributed by atoms with Crippen molar-refractivity contribution in [1.29, 1.82) is 0 Å². The molecule has 0 saturated carbocycles. The van der Waals surface area contributed by atoms with Gasteiger partial charge in [-0.1, -0.05) is 26.2 Å². The fraction of sp³-hybridized carbons (Fsp3) is 0.818. The Balaban J connectivity index is 1.74. The highest BCUT2D eigenvalue weighted by Gasteiger charge is 2.21. The van der Waals surface area contributed by atoms with Crippen LogP contribution < -0.4 is 10.6 Å². The number of unbranched alkanes of at least 4 members (excludes halogenated alkanes) is 2. The SMILES string of the molecule is CCCCCC(C)NC(=NCC1CCN(Cc2nc(C)c(C)o2)CC1)NCC. The molecule has 0 radical (unpaired) electrons. The van der Waals surface area contributed by atoms with Crippen LogP contribution in [0.1, 0.15) is 76.6 Å². The lowest BCUT2D eigenvalue weighted by Crippen LogP contribution is -2.42. The van der Waals surface area contributed by atoms with Crippen molar-refractivity contribution in [2.75, 3.05) is 26.2 Å². The van der Waals surface area contributed by atoms with Gasteiger partial charge in [0, 0.05) is 19.1 Å². The molecule has 6 nitrogen and oxygen atoms in total. The Kier molecular flexibility index (Phi) is 9.82. The van der Waals surface area contributed by atoms with Crippen LogP contribution in [0.25, 0.3) is 0 Å². The van der Waals surface area contributed by atoms with E-state index in [2.05, 4.69) is 41.3 Å². The van der Waals surface area contributed by atoms with Gasteiger partial charge in [0.1, 0.15) is 5.76 Å². The predicted octanol–water partition coefficient (Wildman–Crippen LogP) is 4.03. The zero-order valence-corrected chi connectivity index (χ0v) is 18.7. The quantitative estimate of drug-likeness (QED) is 0.358. The van der Waals surface area contributed by atoms with Crippen LogP contribution in [0.15, 0.2) is 9.41 Å². The van der Waals surface area contributed by atoms with Gasteiger partial charge < -0.3 is 15.1 Å². The van der Waals surface area contributed by atoms with Crippen LogP contribution in [-0.4, -0.2) is 48.1 Å². The summed E-state index contributed by atoms with van der Waals surface area (Å²) >= 11 is 0. The molecular weight excluding hydrogens is 350 g/mol. The van der Waals surface area contributed by atoms with E-state index < -0.39 is 0 Å². The largest absolute Gasteiger partial charge is 0.444 e. The maximum Gasteiger partial charge on any atom is 0.208 e. The highest BCUT2D eigenvalue weighted by Crippen LogP contribution is 2.20. The Labute approximate surface area is 171 Å². The lowest BCUT2D eigenvalue weighted by molar-refractivity contribution is 0.166. The van der Waals surface area contributed by atoms with Crippen molar-refractivity contribution in [3.05, 3.63) is 17.3 Å². The number of piperidine rings is 1. The van der Waals surface area contributed by atoms with Gasteiger partial charge in [-0.05, 0) is 66.0 Å². The molecule has 0 amide bonds. The molecular formula is C22H41N5O. The number of oxazole rings is 1. The Bertz CT molecular complexity index is 570. The molecule has 1 saturated heterocycles. The van der Waals surface area contributed by atoms with Gasteiger partial charge >= 0.3 is 0 Å². The zero-order chi connectivity index (χ0) is 20.4. The second kappa shape index (κ2) is 12.1. The van der Waals surface area contributed by atoms with Crippen molar-refractivity contribution in [1.82, 2.24) is 20.5 Å². The standard InChI is InChI=1S/C22H41N5O/c1-6-8-9-10-17(3)25-22(23-7-2)24-15-20-11-13-27(14-12-20)16-21-26-18(4)19(5)28-21/h17,20H,6-16H2,1-5H3,(H2,23,24,25). The summed E-state index contributed by atoms with van der Waals surface area (Å²) in [6.07, 6.45) is 7.45. The number of hydrogen-bond donors (Lipinski definition) is 2. The minimum atomic E-state index is 0.471. The van der Waals surface area contributed by atoms with Crippen LogP contribution in [0.4, 0.5) is 0 Å². The molecule has 160 valence electrons. The summed E-state index contributed by atoms with van der Waals surface area (Å²) in [6.45, 7) is 15.5. The molecule has 1 aliphatic rings. The first-order chi connectivity index (χ1) is 13.5. The summed E-state index contributed by atoms with van der Waals surface area (Å²) in [7, 11) is 0. The molecule has 0 aliphatic carbocycles. The summed E-state index contributed by atoms with van der Waals surface area (Å²) in [5.41, 5.74) is 1.01. The van der Waals surface area contributed by atoms with Gasteiger partial charge in [0.05, 0.1) is 12.2 Å². The van der Waals surface area contributed by atoms with E-state index in [9.17, 15) is 0 Å². The van der Waals surface area contributed by atoms with E-state index >= 15 is 0 Å². The average Bonchev–Trinajstić information content (AvgIpc) is 2.98. The van der Waals surface area contributed by atoms with Crippen LogP contribution in [0, 0.1) is 19.8 Å². The molecule has 2 N–H and O–H groups in total. The van der Waals surface area contributed by atoms with E-state index in [4.69, 9.17) is 9.41 Å². The first kappa shape index (κ1) is 22.7. The number of nitrogens with zero attached hydrogens (tertiary/aromatic N) is 3. The molecule has 2 rings (SSSR count). The monoisotopic (exact) mass is 391 g/mol. The lowest BCUT2D eigenvalue weighted by atomic mass is 9.97. The molecule has 1 atom stereocenters. The van der Waals surface area contributed by atoms with Crippen molar-refractivity contribution in [2.45, 2.75) is 85.7 Å². The van der Waals surface area contributed by atoms with Crippen molar-refractivity contribution >= 4 is 5.96 Å². The molecule has 0 bridgehead atoms. The number of rotatable bonds is 10. The number of nitrogens with one attached hydrogen (secondary N) is 2. The number of aliphatic imine (C=N–C) groups is 1. The van der Waals surface area contributed by atoms with Gasteiger partial charge in [-0.2, -0.15) is 0 Å². The first-order valence-electron chi connectivity index (χ1n) is 11.2. The summed E-state index contributed by atoms with van der Waals surface area (Å²) < 4.78 is 5.73. The van der Waals surface area contributed by atoms with Crippen molar-refractivity contribution in [2.24, 2.45) is 10.9 Å². The Hall–Kier alpha value is -1.56.